The van der Waals surface area contributed by atoms with E-state index in [9.17, 15) is 8.42 Å². The summed E-state index contributed by atoms with van der Waals surface area (Å²) in [6.45, 7) is 7.03. The van der Waals surface area contributed by atoms with Crippen molar-refractivity contribution < 1.29 is 8.42 Å². The minimum absolute atomic E-state index is 0. The maximum absolute atomic E-state index is 11.7. The molecule has 1 aromatic rings. The number of guanidine groups is 1. The van der Waals surface area contributed by atoms with Crippen molar-refractivity contribution in [3.63, 3.8) is 0 Å². The molecule has 0 aliphatic rings. The lowest BCUT2D eigenvalue weighted by atomic mass is 10.2. The zero-order valence-corrected chi connectivity index (χ0v) is 16.8. The smallest absolute Gasteiger partial charge is 0.191 e. The lowest BCUT2D eigenvalue weighted by Gasteiger charge is -2.24. The highest BCUT2D eigenvalue weighted by molar-refractivity contribution is 14.0. The minimum Gasteiger partial charge on any atom is -0.357 e. The average molecular weight is 445 g/mol. The van der Waals surface area contributed by atoms with Crippen molar-refractivity contribution in [2.24, 2.45) is 4.99 Å². The molecule has 0 aromatic carbocycles. The van der Waals surface area contributed by atoms with E-state index in [0.717, 1.165) is 6.54 Å². The molecule has 0 saturated heterocycles. The summed E-state index contributed by atoms with van der Waals surface area (Å²) in [5, 5.41) is 8.22. The van der Waals surface area contributed by atoms with Gasteiger partial charge in [-0.05, 0) is 32.2 Å². The fourth-order valence-electron chi connectivity index (χ4n) is 1.33. The second kappa shape index (κ2) is 8.94. The Morgan fingerprint density at radius 1 is 1.38 bits per heavy atom. The molecule has 1 rings (SSSR count). The van der Waals surface area contributed by atoms with Gasteiger partial charge in [0.15, 0.2) is 15.8 Å². The molecule has 0 atom stereocenters. The first-order valence-corrected chi connectivity index (χ1v) is 9.27. The van der Waals surface area contributed by atoms with E-state index in [4.69, 9.17) is 0 Å². The Balaban J connectivity index is 0.00000400. The molecule has 0 aliphatic carbocycles. The summed E-state index contributed by atoms with van der Waals surface area (Å²) in [4.78, 5) is 5.62. The number of rotatable bonds is 6. The van der Waals surface area contributed by atoms with Gasteiger partial charge in [-0.25, -0.2) is 13.4 Å². The van der Waals surface area contributed by atoms with Gasteiger partial charge in [-0.1, -0.05) is 6.07 Å². The molecule has 0 fully saturated rings. The van der Waals surface area contributed by atoms with Crippen LogP contribution in [-0.4, -0.2) is 38.5 Å². The minimum atomic E-state index is -3.11. The third-order valence-corrected chi connectivity index (χ3v) is 6.02. The summed E-state index contributed by atoms with van der Waals surface area (Å²) in [5.41, 5.74) is 0. The maximum atomic E-state index is 11.7. The molecule has 1 heterocycles. The largest absolute Gasteiger partial charge is 0.357 e. The normalized spacial score (nSPS) is 12.7. The van der Waals surface area contributed by atoms with Crippen molar-refractivity contribution in [2.45, 2.75) is 32.1 Å². The van der Waals surface area contributed by atoms with Crippen LogP contribution in [0.3, 0.4) is 0 Å². The fourth-order valence-corrected chi connectivity index (χ4v) is 2.29. The average Bonchev–Trinajstić information content (AvgIpc) is 2.84. The van der Waals surface area contributed by atoms with Crippen LogP contribution in [0.15, 0.2) is 22.5 Å². The fraction of sp³-hybridized carbons (Fsp3) is 0.615. The Morgan fingerprint density at radius 2 is 2.05 bits per heavy atom. The number of thiophene rings is 1. The van der Waals surface area contributed by atoms with Crippen LogP contribution in [0, 0.1) is 0 Å². The molecule has 0 radical (unpaired) electrons. The third-order valence-electron chi connectivity index (χ3n) is 3.00. The Kier molecular flexibility index (Phi) is 8.79. The van der Waals surface area contributed by atoms with Crippen LogP contribution in [0.25, 0.3) is 0 Å². The summed E-state index contributed by atoms with van der Waals surface area (Å²) in [6.07, 6.45) is 1.25. The van der Waals surface area contributed by atoms with Crippen molar-refractivity contribution >= 4 is 51.1 Å². The van der Waals surface area contributed by atoms with Crippen LogP contribution in [0.5, 0.6) is 0 Å². The first kappa shape index (κ1) is 20.6. The van der Waals surface area contributed by atoms with Gasteiger partial charge in [-0.2, -0.15) is 0 Å². The van der Waals surface area contributed by atoms with Crippen LogP contribution >= 0.6 is 35.3 Å². The van der Waals surface area contributed by atoms with E-state index in [1.807, 2.05) is 24.4 Å². The summed E-state index contributed by atoms with van der Waals surface area (Å²) >= 11 is 1.65. The molecule has 0 aliphatic heterocycles. The molecule has 21 heavy (non-hydrogen) atoms. The topological polar surface area (TPSA) is 70.6 Å². The van der Waals surface area contributed by atoms with Gasteiger partial charge in [0.1, 0.15) is 0 Å². The van der Waals surface area contributed by atoms with Crippen molar-refractivity contribution in [1.82, 2.24) is 10.6 Å². The molecule has 0 bridgehead atoms. The summed E-state index contributed by atoms with van der Waals surface area (Å²) < 4.78 is 22.5. The Hall–Kier alpha value is -0.350. The second-order valence-electron chi connectivity index (χ2n) is 5.16. The van der Waals surface area contributed by atoms with Gasteiger partial charge in [0.05, 0.1) is 11.3 Å². The van der Waals surface area contributed by atoms with Gasteiger partial charge < -0.3 is 10.6 Å². The molecule has 0 amide bonds. The maximum Gasteiger partial charge on any atom is 0.191 e. The molecule has 0 saturated carbocycles. The van der Waals surface area contributed by atoms with Gasteiger partial charge >= 0.3 is 0 Å². The van der Waals surface area contributed by atoms with Gasteiger partial charge in [0.2, 0.25) is 0 Å². The summed E-state index contributed by atoms with van der Waals surface area (Å²) in [7, 11) is -3.11. The molecule has 2 N–H and O–H groups in total. The molecule has 8 heteroatoms. The highest BCUT2D eigenvalue weighted by atomic mass is 127. The molecular formula is C13H24IN3O2S2. The Bertz CT molecular complexity index is 540. The molecule has 5 nitrogen and oxygen atoms in total. The lowest BCUT2D eigenvalue weighted by molar-refractivity contribution is 0.544. The third kappa shape index (κ3) is 6.96. The Morgan fingerprint density at radius 3 is 2.52 bits per heavy atom. The number of halogens is 1. The molecular weight excluding hydrogens is 421 g/mol. The van der Waals surface area contributed by atoms with E-state index < -0.39 is 14.6 Å². The summed E-state index contributed by atoms with van der Waals surface area (Å²) in [5.74, 6) is 0.637. The molecule has 0 unspecified atom stereocenters. The van der Waals surface area contributed by atoms with E-state index in [2.05, 4.69) is 15.6 Å². The van der Waals surface area contributed by atoms with E-state index >= 15 is 0 Å². The van der Waals surface area contributed by atoms with E-state index in [1.165, 1.54) is 11.1 Å². The highest BCUT2D eigenvalue weighted by Gasteiger charge is 2.30. The van der Waals surface area contributed by atoms with Crippen molar-refractivity contribution in [3.8, 4) is 0 Å². The van der Waals surface area contributed by atoms with Crippen LogP contribution in [0.1, 0.15) is 25.6 Å². The molecule has 0 spiro atoms. The number of nitrogens with zero attached hydrogens (tertiary/aromatic N) is 1. The predicted molar refractivity (Wildman–Crippen MR) is 101 cm³/mol. The number of hydrogen-bond acceptors (Lipinski definition) is 4. The van der Waals surface area contributed by atoms with E-state index in [-0.39, 0.29) is 24.0 Å². The summed E-state index contributed by atoms with van der Waals surface area (Å²) in [6, 6.07) is 4.01. The number of hydrogen-bond donors (Lipinski definition) is 2. The van der Waals surface area contributed by atoms with Gasteiger partial charge in [0, 0.05) is 24.2 Å². The number of sulfone groups is 1. The highest BCUT2D eigenvalue weighted by Crippen LogP contribution is 2.13. The lowest BCUT2D eigenvalue weighted by Crippen LogP contribution is -2.47. The zero-order valence-electron chi connectivity index (χ0n) is 12.8. The Labute approximate surface area is 148 Å². The van der Waals surface area contributed by atoms with Crippen molar-refractivity contribution in [3.05, 3.63) is 22.4 Å². The number of nitrogens with one attached hydrogen (secondary N) is 2. The van der Waals surface area contributed by atoms with Crippen LogP contribution < -0.4 is 10.6 Å². The van der Waals surface area contributed by atoms with Crippen molar-refractivity contribution in [1.29, 1.82) is 0 Å². The monoisotopic (exact) mass is 445 g/mol. The first-order valence-electron chi connectivity index (χ1n) is 6.50. The van der Waals surface area contributed by atoms with Crippen LogP contribution in [0.4, 0.5) is 0 Å². The zero-order chi connectivity index (χ0) is 15.2. The standard InChI is InChI=1S/C13H23N3O2S2.HI/c1-5-14-12(15-9-11-7-6-8-19-11)16-10-13(2,3)20(4,17)18;/h6-8H,5,9-10H2,1-4H3,(H2,14,15,16);1H. The van der Waals surface area contributed by atoms with Gasteiger partial charge in [0.25, 0.3) is 0 Å². The number of aliphatic imine (C=N–C) groups is 1. The molecule has 1 aromatic heterocycles. The SMILES string of the molecule is CCNC(=NCc1cccs1)NCC(C)(C)S(C)(=O)=O.I. The van der Waals surface area contributed by atoms with Gasteiger partial charge in [-0.3, -0.25) is 0 Å². The van der Waals surface area contributed by atoms with Crippen LogP contribution in [0.2, 0.25) is 0 Å². The molecule has 122 valence electrons. The first-order chi connectivity index (χ1) is 9.26. The predicted octanol–water partition coefficient (Wildman–Crippen LogP) is 2.24. The van der Waals surface area contributed by atoms with Crippen LogP contribution in [-0.2, 0) is 16.4 Å². The van der Waals surface area contributed by atoms with E-state index in [1.54, 1.807) is 25.2 Å². The van der Waals surface area contributed by atoms with Crippen molar-refractivity contribution in [2.75, 3.05) is 19.3 Å². The quantitative estimate of drug-likeness (QED) is 0.401. The van der Waals surface area contributed by atoms with E-state index in [0.29, 0.717) is 19.0 Å². The van der Waals surface area contributed by atoms with Gasteiger partial charge in [-0.15, -0.1) is 35.3 Å². The second-order valence-corrected chi connectivity index (χ2v) is 8.84.